The number of alkyl halides is 3. The first kappa shape index (κ1) is 17.6. The van der Waals surface area contributed by atoms with Crippen LogP contribution in [0.25, 0.3) is 0 Å². The molecule has 1 aromatic rings. The highest BCUT2D eigenvalue weighted by Crippen LogP contribution is 2.19. The maximum atomic E-state index is 12.4. The van der Waals surface area contributed by atoms with Gasteiger partial charge in [-0.3, -0.25) is 9.89 Å². The van der Waals surface area contributed by atoms with Gasteiger partial charge in [0, 0.05) is 32.7 Å². The minimum Gasteiger partial charge on any atom is -0.356 e. The van der Waals surface area contributed by atoms with Gasteiger partial charge < -0.3 is 10.6 Å². The molecule has 1 aromatic carbocycles. The smallest absolute Gasteiger partial charge is 0.356 e. The van der Waals surface area contributed by atoms with Crippen molar-refractivity contribution in [1.29, 1.82) is 0 Å². The Bertz CT molecular complexity index is 502. The van der Waals surface area contributed by atoms with Crippen LogP contribution in [0.2, 0.25) is 0 Å². The van der Waals surface area contributed by atoms with Crippen molar-refractivity contribution in [2.75, 3.05) is 33.2 Å². The Morgan fingerprint density at radius 2 is 2.04 bits per heavy atom. The van der Waals surface area contributed by atoms with E-state index in [1.165, 1.54) is 10.5 Å². The minimum absolute atomic E-state index is 0.000255. The molecule has 0 bridgehead atoms. The van der Waals surface area contributed by atoms with Crippen molar-refractivity contribution in [3.63, 3.8) is 0 Å². The number of halogens is 3. The molecule has 0 aliphatic carbocycles. The topological polar surface area (TPSA) is 39.7 Å². The molecule has 0 radical (unpaired) electrons. The Balaban J connectivity index is 1.71. The van der Waals surface area contributed by atoms with Crippen molar-refractivity contribution < 1.29 is 13.2 Å². The third kappa shape index (κ3) is 6.48. The molecule has 1 fully saturated rings. The number of likely N-dealkylation sites (tertiary alicyclic amines) is 1. The molecule has 1 unspecified atom stereocenters. The monoisotopic (exact) mass is 328 g/mol. The number of nitrogens with zero attached hydrogens (tertiary/aromatic N) is 2. The average molecular weight is 328 g/mol. The number of benzene rings is 1. The van der Waals surface area contributed by atoms with E-state index in [1.807, 2.05) is 18.2 Å². The van der Waals surface area contributed by atoms with Crippen LogP contribution < -0.4 is 10.6 Å². The second-order valence-corrected chi connectivity index (χ2v) is 5.71. The van der Waals surface area contributed by atoms with Gasteiger partial charge in [0.05, 0.1) is 6.54 Å². The summed E-state index contributed by atoms with van der Waals surface area (Å²) in [6.07, 6.45) is -2.58. The first-order valence-corrected chi connectivity index (χ1v) is 7.76. The van der Waals surface area contributed by atoms with Gasteiger partial charge in [0.2, 0.25) is 0 Å². The summed E-state index contributed by atoms with van der Waals surface area (Å²) in [6, 6.07) is 10.1. The summed E-state index contributed by atoms with van der Waals surface area (Å²) in [4.78, 5) is 5.56. The summed E-state index contributed by atoms with van der Waals surface area (Å²) in [5.74, 6) is 0.639. The predicted octanol–water partition coefficient (Wildman–Crippen LogP) is 2.03. The molecule has 0 saturated carbocycles. The van der Waals surface area contributed by atoms with E-state index in [9.17, 15) is 13.2 Å². The Hall–Kier alpha value is -1.76. The van der Waals surface area contributed by atoms with Crippen molar-refractivity contribution >= 4 is 5.96 Å². The SMILES string of the molecule is CN=C(NCCc1ccccc1)NC1CCN(CC(F)(F)F)C1. The lowest BCUT2D eigenvalue weighted by molar-refractivity contribution is -0.143. The van der Waals surface area contributed by atoms with Gasteiger partial charge in [-0.25, -0.2) is 0 Å². The van der Waals surface area contributed by atoms with Crippen molar-refractivity contribution in [3.8, 4) is 0 Å². The van der Waals surface area contributed by atoms with Crippen molar-refractivity contribution in [3.05, 3.63) is 35.9 Å². The molecule has 0 spiro atoms. The highest BCUT2D eigenvalue weighted by atomic mass is 19.4. The van der Waals surface area contributed by atoms with E-state index >= 15 is 0 Å². The van der Waals surface area contributed by atoms with E-state index in [4.69, 9.17) is 0 Å². The van der Waals surface area contributed by atoms with Gasteiger partial charge in [0.25, 0.3) is 0 Å². The Labute approximate surface area is 134 Å². The van der Waals surface area contributed by atoms with E-state index in [2.05, 4.69) is 27.8 Å². The van der Waals surface area contributed by atoms with Gasteiger partial charge in [0.15, 0.2) is 5.96 Å². The number of aliphatic imine (C=N–C) groups is 1. The molecule has 2 rings (SSSR count). The minimum atomic E-state index is -4.13. The maximum absolute atomic E-state index is 12.4. The Kier molecular flexibility index (Phi) is 6.27. The van der Waals surface area contributed by atoms with Crippen LogP contribution in [0.5, 0.6) is 0 Å². The molecule has 4 nitrogen and oxygen atoms in total. The summed E-state index contributed by atoms with van der Waals surface area (Å²) in [5.41, 5.74) is 1.23. The van der Waals surface area contributed by atoms with Crippen LogP contribution in [0.1, 0.15) is 12.0 Å². The first-order chi connectivity index (χ1) is 11.0. The van der Waals surface area contributed by atoms with Crippen LogP contribution in [0.3, 0.4) is 0 Å². The second kappa shape index (κ2) is 8.19. The van der Waals surface area contributed by atoms with E-state index in [1.54, 1.807) is 7.05 Å². The lowest BCUT2D eigenvalue weighted by Gasteiger charge is -2.19. The molecule has 7 heteroatoms. The summed E-state index contributed by atoms with van der Waals surface area (Å²) < 4.78 is 37.2. The largest absolute Gasteiger partial charge is 0.401 e. The molecule has 2 N–H and O–H groups in total. The molecular weight excluding hydrogens is 305 g/mol. The van der Waals surface area contributed by atoms with Crippen molar-refractivity contribution in [2.24, 2.45) is 4.99 Å². The van der Waals surface area contributed by atoms with E-state index < -0.39 is 12.7 Å². The van der Waals surface area contributed by atoms with E-state index in [0.29, 0.717) is 25.5 Å². The van der Waals surface area contributed by atoms with Crippen LogP contribution in [0.4, 0.5) is 13.2 Å². The first-order valence-electron chi connectivity index (χ1n) is 7.76. The molecule has 128 valence electrons. The van der Waals surface area contributed by atoms with E-state index in [0.717, 1.165) is 13.0 Å². The molecule has 23 heavy (non-hydrogen) atoms. The summed E-state index contributed by atoms with van der Waals surface area (Å²) in [6.45, 7) is 0.727. The van der Waals surface area contributed by atoms with Gasteiger partial charge in [-0.05, 0) is 18.4 Å². The van der Waals surface area contributed by atoms with Gasteiger partial charge >= 0.3 is 6.18 Å². The third-order valence-electron chi connectivity index (χ3n) is 3.79. The fourth-order valence-corrected chi connectivity index (χ4v) is 2.71. The average Bonchev–Trinajstić information content (AvgIpc) is 2.92. The number of hydrogen-bond acceptors (Lipinski definition) is 2. The highest BCUT2D eigenvalue weighted by Gasteiger charge is 2.34. The lowest BCUT2D eigenvalue weighted by atomic mass is 10.1. The summed E-state index contributed by atoms with van der Waals surface area (Å²) in [7, 11) is 1.67. The standard InChI is InChI=1S/C16H23F3N4/c1-20-15(21-9-7-13-5-3-2-4-6-13)22-14-8-10-23(11-14)12-16(17,18)19/h2-6,14H,7-12H2,1H3,(H2,20,21,22). The van der Waals surface area contributed by atoms with Crippen LogP contribution in [-0.4, -0.2) is 56.3 Å². The highest BCUT2D eigenvalue weighted by molar-refractivity contribution is 5.80. The number of guanidine groups is 1. The molecule has 1 heterocycles. The van der Waals surface area contributed by atoms with Crippen molar-refractivity contribution in [1.82, 2.24) is 15.5 Å². The molecule has 1 aliphatic heterocycles. The maximum Gasteiger partial charge on any atom is 0.401 e. The van der Waals surface area contributed by atoms with Crippen LogP contribution >= 0.6 is 0 Å². The molecule has 0 aromatic heterocycles. The van der Waals surface area contributed by atoms with Gasteiger partial charge in [-0.2, -0.15) is 13.2 Å². The fraction of sp³-hybridized carbons (Fsp3) is 0.562. The zero-order valence-electron chi connectivity index (χ0n) is 13.2. The zero-order chi connectivity index (χ0) is 16.7. The Morgan fingerprint density at radius 3 is 2.70 bits per heavy atom. The van der Waals surface area contributed by atoms with Crippen LogP contribution in [0.15, 0.2) is 35.3 Å². The van der Waals surface area contributed by atoms with Gasteiger partial charge in [0.1, 0.15) is 0 Å². The number of nitrogens with one attached hydrogen (secondary N) is 2. The third-order valence-corrected chi connectivity index (χ3v) is 3.79. The lowest BCUT2D eigenvalue weighted by Crippen LogP contribution is -2.45. The molecule has 1 saturated heterocycles. The van der Waals surface area contributed by atoms with Crippen molar-refractivity contribution in [2.45, 2.75) is 25.1 Å². The second-order valence-electron chi connectivity index (χ2n) is 5.71. The van der Waals surface area contributed by atoms with Gasteiger partial charge in [-0.15, -0.1) is 0 Å². The summed E-state index contributed by atoms with van der Waals surface area (Å²) in [5, 5.41) is 6.40. The molecular formula is C16H23F3N4. The van der Waals surface area contributed by atoms with Gasteiger partial charge in [-0.1, -0.05) is 30.3 Å². The normalized spacial score (nSPS) is 19.8. The Morgan fingerprint density at radius 1 is 1.30 bits per heavy atom. The van der Waals surface area contributed by atoms with Crippen LogP contribution in [-0.2, 0) is 6.42 Å². The molecule has 1 aliphatic rings. The quantitative estimate of drug-likeness (QED) is 0.642. The predicted molar refractivity (Wildman–Crippen MR) is 85.5 cm³/mol. The fourth-order valence-electron chi connectivity index (χ4n) is 2.71. The van der Waals surface area contributed by atoms with Crippen LogP contribution in [0, 0.1) is 0 Å². The number of rotatable bonds is 5. The number of hydrogen-bond donors (Lipinski definition) is 2. The van der Waals surface area contributed by atoms with E-state index in [-0.39, 0.29) is 6.04 Å². The molecule has 0 amide bonds. The zero-order valence-corrected chi connectivity index (χ0v) is 13.2. The molecule has 1 atom stereocenters. The summed E-state index contributed by atoms with van der Waals surface area (Å²) >= 11 is 0.